The van der Waals surface area contributed by atoms with Crippen LogP contribution in [0.3, 0.4) is 0 Å². The van der Waals surface area contributed by atoms with Crippen LogP contribution in [0.5, 0.6) is 5.75 Å². The molecule has 5 rings (SSSR count). The zero-order valence-electron chi connectivity index (χ0n) is 25.3. The number of nitrogens with zero attached hydrogens (tertiary/aromatic N) is 2. The number of benzene rings is 2. The predicted molar refractivity (Wildman–Crippen MR) is 173 cm³/mol. The van der Waals surface area contributed by atoms with Crippen LogP contribution in [0.4, 0.5) is 5.69 Å². The summed E-state index contributed by atoms with van der Waals surface area (Å²) in [5, 5.41) is 16.2. The van der Waals surface area contributed by atoms with E-state index in [1.165, 1.54) is 22.7 Å². The number of anilines is 1. The van der Waals surface area contributed by atoms with Crippen LogP contribution in [0, 0.1) is 6.92 Å². The largest absolute Gasteiger partial charge is 0.507 e. The topological polar surface area (TPSA) is 83.7 Å². The molecule has 6 nitrogen and oxygen atoms in total. The van der Waals surface area contributed by atoms with Gasteiger partial charge in [0, 0.05) is 21.7 Å². The van der Waals surface area contributed by atoms with Gasteiger partial charge in [-0.3, -0.25) is 14.2 Å². The van der Waals surface area contributed by atoms with Crippen LogP contribution in [0.15, 0.2) is 75.0 Å². The van der Waals surface area contributed by atoms with Crippen molar-refractivity contribution in [3.05, 3.63) is 112 Å². The van der Waals surface area contributed by atoms with Crippen molar-refractivity contribution in [2.45, 2.75) is 72.3 Å². The highest BCUT2D eigenvalue weighted by molar-refractivity contribution is 7.10. The van der Waals surface area contributed by atoms with E-state index in [0.29, 0.717) is 26.4 Å². The number of hydrogen-bond acceptors (Lipinski definition) is 6. The van der Waals surface area contributed by atoms with Crippen molar-refractivity contribution in [2.75, 3.05) is 5.32 Å². The zero-order valence-corrected chi connectivity index (χ0v) is 27.0. The van der Waals surface area contributed by atoms with Gasteiger partial charge >= 0.3 is 0 Å². The number of carbonyl (C=O) groups is 1. The standard InChI is InChI=1S/C34H37N3O3S2/c1-19-12-9-10-13-24(19)36-30(39)27-20(2)35-32-37(28(27)25-14-11-15-41-25)31(40)26(42-32)18-21-16-22(33(3,4)5)29(38)23(17-21)34(6,7)8/h9-18,28,38H,1-8H3,(H,36,39). The molecule has 4 aromatic rings. The van der Waals surface area contributed by atoms with Gasteiger partial charge in [0.15, 0.2) is 4.80 Å². The number of thiophene rings is 1. The number of fused-ring (bicyclic) bond motifs is 1. The molecule has 1 atom stereocenters. The van der Waals surface area contributed by atoms with E-state index in [9.17, 15) is 14.7 Å². The highest BCUT2D eigenvalue weighted by atomic mass is 32.1. The first-order valence-electron chi connectivity index (χ1n) is 14.0. The van der Waals surface area contributed by atoms with Gasteiger partial charge in [-0.1, -0.05) is 77.1 Å². The second-order valence-electron chi connectivity index (χ2n) is 12.8. The minimum absolute atomic E-state index is 0.200. The molecule has 0 fully saturated rings. The number of allylic oxidation sites excluding steroid dienone is 1. The van der Waals surface area contributed by atoms with Crippen LogP contribution in [-0.2, 0) is 15.6 Å². The average Bonchev–Trinajstić information content (AvgIpc) is 3.52. The molecule has 0 bridgehead atoms. The van der Waals surface area contributed by atoms with Crippen LogP contribution in [-0.4, -0.2) is 15.6 Å². The summed E-state index contributed by atoms with van der Waals surface area (Å²) in [6.07, 6.45) is 1.88. The van der Waals surface area contributed by atoms with Gasteiger partial charge in [-0.2, -0.15) is 0 Å². The number of rotatable bonds is 4. The Morgan fingerprint density at radius 1 is 1.00 bits per heavy atom. The minimum atomic E-state index is -0.595. The third kappa shape index (κ3) is 5.53. The van der Waals surface area contributed by atoms with Gasteiger partial charge in [0.1, 0.15) is 11.8 Å². The van der Waals surface area contributed by atoms with Crippen LogP contribution in [0.1, 0.15) is 81.6 Å². The summed E-state index contributed by atoms with van der Waals surface area (Å²) < 4.78 is 2.17. The van der Waals surface area contributed by atoms with Crippen LogP contribution < -0.4 is 20.2 Å². The monoisotopic (exact) mass is 599 g/mol. The first-order chi connectivity index (χ1) is 19.7. The Labute approximate surface area is 254 Å². The quantitative estimate of drug-likeness (QED) is 0.279. The Kier molecular flexibility index (Phi) is 7.66. The number of thiazole rings is 1. The molecule has 0 saturated heterocycles. The van der Waals surface area contributed by atoms with Gasteiger partial charge < -0.3 is 10.4 Å². The summed E-state index contributed by atoms with van der Waals surface area (Å²) >= 11 is 2.83. The summed E-state index contributed by atoms with van der Waals surface area (Å²) in [5.74, 6) is 0.0210. The normalized spacial score (nSPS) is 15.9. The van der Waals surface area contributed by atoms with E-state index in [4.69, 9.17) is 4.99 Å². The molecule has 0 saturated carbocycles. The first-order valence-corrected chi connectivity index (χ1v) is 15.7. The molecular formula is C34H37N3O3S2. The Bertz CT molecular complexity index is 1860. The Morgan fingerprint density at radius 3 is 2.21 bits per heavy atom. The van der Waals surface area contributed by atoms with Crippen molar-refractivity contribution in [1.29, 1.82) is 0 Å². The molecule has 2 N–H and O–H groups in total. The molecule has 0 radical (unpaired) electrons. The molecule has 1 unspecified atom stereocenters. The van der Waals surface area contributed by atoms with Crippen molar-refractivity contribution in [2.24, 2.45) is 4.99 Å². The van der Waals surface area contributed by atoms with Crippen LogP contribution in [0.25, 0.3) is 6.08 Å². The Morgan fingerprint density at radius 2 is 1.64 bits per heavy atom. The van der Waals surface area contributed by atoms with Crippen molar-refractivity contribution >= 4 is 40.3 Å². The summed E-state index contributed by atoms with van der Waals surface area (Å²) in [7, 11) is 0. The van der Waals surface area contributed by atoms with E-state index < -0.39 is 6.04 Å². The van der Waals surface area contributed by atoms with E-state index in [1.54, 1.807) is 4.57 Å². The zero-order chi connectivity index (χ0) is 30.6. The van der Waals surface area contributed by atoms with E-state index in [2.05, 4.69) is 46.9 Å². The van der Waals surface area contributed by atoms with Gasteiger partial charge in [-0.15, -0.1) is 11.3 Å². The maximum atomic E-state index is 14.1. The molecule has 1 aliphatic heterocycles. The van der Waals surface area contributed by atoms with Crippen molar-refractivity contribution < 1.29 is 9.90 Å². The van der Waals surface area contributed by atoms with Crippen LogP contribution in [0.2, 0.25) is 0 Å². The molecule has 1 amide bonds. The Balaban J connectivity index is 1.68. The van der Waals surface area contributed by atoms with Gasteiger partial charge in [0.05, 0.1) is 15.8 Å². The number of para-hydroxylation sites is 1. The maximum absolute atomic E-state index is 14.1. The second-order valence-corrected chi connectivity index (χ2v) is 14.8. The van der Waals surface area contributed by atoms with Gasteiger partial charge in [-0.05, 0) is 71.5 Å². The van der Waals surface area contributed by atoms with Crippen molar-refractivity contribution in [1.82, 2.24) is 4.57 Å². The van der Waals surface area contributed by atoms with Crippen molar-refractivity contribution in [3.63, 3.8) is 0 Å². The molecule has 3 heterocycles. The second kappa shape index (κ2) is 10.8. The number of aromatic hydroxyl groups is 1. The SMILES string of the molecule is CC1=C(C(=O)Nc2ccccc2C)C(c2cccs2)n2c(sc(=Cc3cc(C(C)(C)C)c(O)c(C(C)(C)C)c3)c2=O)=N1. The summed E-state index contributed by atoms with van der Waals surface area (Å²) in [6.45, 7) is 16.2. The molecule has 42 heavy (non-hydrogen) atoms. The summed E-state index contributed by atoms with van der Waals surface area (Å²) in [4.78, 5) is 34.1. The number of aryl methyl sites for hydroxylation is 1. The number of amides is 1. The number of hydrogen-bond donors (Lipinski definition) is 2. The fourth-order valence-electron chi connectivity index (χ4n) is 5.27. The number of nitrogens with one attached hydrogen (secondary N) is 1. The lowest BCUT2D eigenvalue weighted by Crippen LogP contribution is -2.40. The maximum Gasteiger partial charge on any atom is 0.271 e. The number of carbonyl (C=O) groups excluding carboxylic acids is 1. The molecule has 1 aliphatic rings. The van der Waals surface area contributed by atoms with E-state index in [1.807, 2.05) is 73.8 Å². The molecule has 0 aliphatic carbocycles. The van der Waals surface area contributed by atoms with Crippen molar-refractivity contribution in [3.8, 4) is 5.75 Å². The summed E-state index contributed by atoms with van der Waals surface area (Å²) in [6, 6.07) is 14.8. The predicted octanol–water partition coefficient (Wildman–Crippen LogP) is 6.54. The molecule has 2 aromatic heterocycles. The Hall–Kier alpha value is -3.75. The fraction of sp³-hybridized carbons (Fsp3) is 0.324. The highest BCUT2D eigenvalue weighted by Crippen LogP contribution is 2.40. The highest BCUT2D eigenvalue weighted by Gasteiger charge is 2.33. The summed E-state index contributed by atoms with van der Waals surface area (Å²) in [5.41, 5.74) is 4.43. The van der Waals surface area contributed by atoms with E-state index in [-0.39, 0.29) is 22.3 Å². The van der Waals surface area contributed by atoms with E-state index >= 15 is 0 Å². The van der Waals surface area contributed by atoms with Gasteiger partial charge in [0.25, 0.3) is 11.5 Å². The van der Waals surface area contributed by atoms with Gasteiger partial charge in [-0.25, -0.2) is 4.99 Å². The molecule has 2 aromatic carbocycles. The van der Waals surface area contributed by atoms with Gasteiger partial charge in [0.2, 0.25) is 0 Å². The third-order valence-electron chi connectivity index (χ3n) is 7.52. The molecular weight excluding hydrogens is 563 g/mol. The fourth-order valence-corrected chi connectivity index (χ4v) is 7.14. The minimum Gasteiger partial charge on any atom is -0.507 e. The number of phenolic OH excluding ortho intramolecular Hbond substituents is 1. The molecule has 8 heteroatoms. The number of phenols is 1. The lowest BCUT2D eigenvalue weighted by atomic mass is 9.78. The first kappa shape index (κ1) is 29.7. The van der Waals surface area contributed by atoms with E-state index in [0.717, 1.165) is 32.8 Å². The number of aromatic nitrogens is 1. The molecule has 0 spiro atoms. The lowest BCUT2D eigenvalue weighted by molar-refractivity contribution is -0.113. The lowest BCUT2D eigenvalue weighted by Gasteiger charge is -2.27. The third-order valence-corrected chi connectivity index (χ3v) is 9.43. The average molecular weight is 600 g/mol. The molecule has 218 valence electrons. The van der Waals surface area contributed by atoms with Crippen LogP contribution >= 0.6 is 22.7 Å². The smallest absolute Gasteiger partial charge is 0.271 e.